The van der Waals surface area contributed by atoms with Crippen molar-refractivity contribution in [2.24, 2.45) is 0 Å². The van der Waals surface area contributed by atoms with Gasteiger partial charge in [-0.25, -0.2) is 4.52 Å². The minimum absolute atomic E-state index is 0.528. The molecule has 2 aromatic heterocycles. The molecule has 1 aliphatic rings. The highest BCUT2D eigenvalue weighted by molar-refractivity contribution is 5.65. The van der Waals surface area contributed by atoms with Crippen LogP contribution in [-0.2, 0) is 0 Å². The summed E-state index contributed by atoms with van der Waals surface area (Å²) in [5.74, 6) is 1.39. The van der Waals surface area contributed by atoms with Crippen molar-refractivity contribution in [3.05, 3.63) is 72.3 Å². The standard InChI is InChI=1S/C27H32N6O2/c1-31(2)26(34)21-10-8-20(9-11-21)24-6-5-7-25-29-27(30-33(24)25)28-22-12-14-23(15-13-22)35-19-18-32-16-3-4-17-32/h5-15,26,34H,3-4,16-19H2,1-2H3,(H,28,30). The summed E-state index contributed by atoms with van der Waals surface area (Å²) in [4.78, 5) is 8.84. The largest absolute Gasteiger partial charge is 0.492 e. The first-order valence-corrected chi connectivity index (χ1v) is 12.1. The molecule has 0 bridgehead atoms. The van der Waals surface area contributed by atoms with Crippen LogP contribution in [-0.4, -0.2) is 69.8 Å². The van der Waals surface area contributed by atoms with Crippen molar-refractivity contribution in [1.29, 1.82) is 0 Å². The number of aliphatic hydroxyl groups is 1. The van der Waals surface area contributed by atoms with E-state index in [4.69, 9.17) is 4.74 Å². The van der Waals surface area contributed by atoms with E-state index in [0.29, 0.717) is 12.6 Å². The van der Waals surface area contributed by atoms with Crippen molar-refractivity contribution < 1.29 is 9.84 Å². The van der Waals surface area contributed by atoms with Gasteiger partial charge in [0.05, 0.1) is 5.69 Å². The zero-order valence-corrected chi connectivity index (χ0v) is 20.3. The van der Waals surface area contributed by atoms with Crippen LogP contribution in [0.5, 0.6) is 5.75 Å². The average Bonchev–Trinajstić information content (AvgIpc) is 3.54. The van der Waals surface area contributed by atoms with E-state index in [2.05, 4.69) is 20.3 Å². The topological polar surface area (TPSA) is 78.2 Å². The summed E-state index contributed by atoms with van der Waals surface area (Å²) in [6.45, 7) is 4.06. The molecule has 0 saturated carbocycles. The number of aromatic nitrogens is 3. The maximum atomic E-state index is 10.3. The quantitative estimate of drug-likeness (QED) is 0.354. The number of nitrogens with zero attached hydrogens (tertiary/aromatic N) is 5. The molecule has 0 spiro atoms. The van der Waals surface area contributed by atoms with Gasteiger partial charge in [0.2, 0.25) is 5.95 Å². The number of nitrogens with one attached hydrogen (secondary N) is 1. The number of hydrogen-bond donors (Lipinski definition) is 2. The van der Waals surface area contributed by atoms with Gasteiger partial charge in [-0.05, 0) is 82.0 Å². The predicted molar refractivity (Wildman–Crippen MR) is 138 cm³/mol. The van der Waals surface area contributed by atoms with E-state index in [-0.39, 0.29) is 0 Å². The van der Waals surface area contributed by atoms with E-state index in [9.17, 15) is 5.11 Å². The van der Waals surface area contributed by atoms with E-state index in [0.717, 1.165) is 40.4 Å². The first-order valence-electron chi connectivity index (χ1n) is 12.1. The molecule has 2 N–H and O–H groups in total. The van der Waals surface area contributed by atoms with E-state index in [1.54, 1.807) is 4.90 Å². The molecule has 182 valence electrons. The molecule has 4 aromatic rings. The van der Waals surface area contributed by atoms with Crippen LogP contribution in [0.15, 0.2) is 66.7 Å². The number of ether oxygens (including phenoxy) is 1. The van der Waals surface area contributed by atoms with Gasteiger partial charge >= 0.3 is 0 Å². The Kier molecular flexibility index (Phi) is 6.94. The van der Waals surface area contributed by atoms with E-state index >= 15 is 0 Å². The molecule has 1 saturated heterocycles. The minimum Gasteiger partial charge on any atom is -0.492 e. The number of aliphatic hydroxyl groups excluding tert-OH is 1. The summed E-state index contributed by atoms with van der Waals surface area (Å²) in [5, 5.41) is 18.2. The van der Waals surface area contributed by atoms with Gasteiger partial charge in [-0.15, -0.1) is 5.10 Å². The van der Waals surface area contributed by atoms with Crippen LogP contribution in [0.25, 0.3) is 16.9 Å². The number of rotatable bonds is 9. The van der Waals surface area contributed by atoms with Gasteiger partial charge in [-0.2, -0.15) is 4.98 Å². The Bertz CT molecular complexity index is 1250. The van der Waals surface area contributed by atoms with Gasteiger partial charge in [0.25, 0.3) is 0 Å². The summed E-state index contributed by atoms with van der Waals surface area (Å²) in [5.41, 5.74) is 4.42. The van der Waals surface area contributed by atoms with Crippen LogP contribution in [0, 0.1) is 0 Å². The number of hydrogen-bond acceptors (Lipinski definition) is 7. The third-order valence-corrected chi connectivity index (χ3v) is 6.34. The number of likely N-dealkylation sites (tertiary alicyclic amines) is 1. The van der Waals surface area contributed by atoms with Crippen LogP contribution in [0.2, 0.25) is 0 Å². The van der Waals surface area contributed by atoms with Gasteiger partial charge < -0.3 is 15.2 Å². The summed E-state index contributed by atoms with van der Waals surface area (Å²) in [7, 11) is 3.69. The second-order valence-electron chi connectivity index (χ2n) is 9.12. The van der Waals surface area contributed by atoms with Crippen LogP contribution in [0.1, 0.15) is 24.6 Å². The Labute approximate surface area is 205 Å². The van der Waals surface area contributed by atoms with Crippen molar-refractivity contribution in [2.45, 2.75) is 19.1 Å². The Morgan fingerprint density at radius 3 is 2.46 bits per heavy atom. The molecular formula is C27H32N6O2. The highest BCUT2D eigenvalue weighted by Crippen LogP contribution is 2.25. The fraction of sp³-hybridized carbons (Fsp3) is 0.333. The Hall–Kier alpha value is -3.46. The molecular weight excluding hydrogens is 440 g/mol. The number of fused-ring (bicyclic) bond motifs is 1. The Morgan fingerprint density at radius 1 is 1.00 bits per heavy atom. The Balaban J connectivity index is 1.26. The van der Waals surface area contributed by atoms with Gasteiger partial charge in [0.15, 0.2) is 5.65 Å². The third-order valence-electron chi connectivity index (χ3n) is 6.34. The van der Waals surface area contributed by atoms with Crippen molar-refractivity contribution in [2.75, 3.05) is 45.7 Å². The molecule has 1 fully saturated rings. The highest BCUT2D eigenvalue weighted by atomic mass is 16.5. The van der Waals surface area contributed by atoms with Crippen LogP contribution in [0.3, 0.4) is 0 Å². The predicted octanol–water partition coefficient (Wildman–Crippen LogP) is 4.17. The lowest BCUT2D eigenvalue weighted by molar-refractivity contribution is 0.0395. The molecule has 5 rings (SSSR count). The third kappa shape index (κ3) is 5.45. The van der Waals surface area contributed by atoms with E-state index in [1.165, 1.54) is 25.9 Å². The van der Waals surface area contributed by atoms with Crippen molar-refractivity contribution in [1.82, 2.24) is 24.4 Å². The second kappa shape index (κ2) is 10.4. The molecule has 8 nitrogen and oxygen atoms in total. The lowest BCUT2D eigenvalue weighted by atomic mass is 10.1. The molecule has 35 heavy (non-hydrogen) atoms. The molecule has 2 aromatic carbocycles. The average molecular weight is 473 g/mol. The molecule has 3 heterocycles. The fourth-order valence-corrected chi connectivity index (χ4v) is 4.36. The lowest BCUT2D eigenvalue weighted by Crippen LogP contribution is -2.25. The molecule has 0 radical (unpaired) electrons. The SMILES string of the molecule is CN(C)C(O)c1ccc(-c2cccc3nc(Nc4ccc(OCCN5CCCC5)cc4)nn23)cc1. The second-order valence-corrected chi connectivity index (χ2v) is 9.12. The van der Waals surface area contributed by atoms with Crippen LogP contribution in [0.4, 0.5) is 11.6 Å². The molecule has 1 atom stereocenters. The minimum atomic E-state index is -0.635. The molecule has 8 heteroatoms. The molecule has 0 amide bonds. The smallest absolute Gasteiger partial charge is 0.247 e. The van der Waals surface area contributed by atoms with E-state index < -0.39 is 6.23 Å². The van der Waals surface area contributed by atoms with Gasteiger partial charge in [-0.1, -0.05) is 30.3 Å². The van der Waals surface area contributed by atoms with E-state index in [1.807, 2.05) is 85.3 Å². The summed E-state index contributed by atoms with van der Waals surface area (Å²) in [6.07, 6.45) is 1.96. The molecule has 0 aliphatic carbocycles. The summed E-state index contributed by atoms with van der Waals surface area (Å²) >= 11 is 0. The zero-order valence-electron chi connectivity index (χ0n) is 20.3. The zero-order chi connectivity index (χ0) is 24.2. The monoisotopic (exact) mass is 472 g/mol. The fourth-order valence-electron chi connectivity index (χ4n) is 4.36. The maximum absolute atomic E-state index is 10.3. The van der Waals surface area contributed by atoms with Crippen molar-refractivity contribution in [3.63, 3.8) is 0 Å². The van der Waals surface area contributed by atoms with Gasteiger partial charge in [0.1, 0.15) is 18.6 Å². The molecule has 1 unspecified atom stereocenters. The lowest BCUT2D eigenvalue weighted by Gasteiger charge is -2.18. The number of pyridine rings is 1. The first kappa shape index (κ1) is 23.3. The number of anilines is 2. The Morgan fingerprint density at radius 2 is 1.74 bits per heavy atom. The summed E-state index contributed by atoms with van der Waals surface area (Å²) in [6, 6.07) is 21.7. The van der Waals surface area contributed by atoms with Crippen LogP contribution >= 0.6 is 0 Å². The number of benzene rings is 2. The first-order chi connectivity index (χ1) is 17.1. The molecule has 1 aliphatic heterocycles. The van der Waals surface area contributed by atoms with Crippen molar-refractivity contribution in [3.8, 4) is 17.0 Å². The van der Waals surface area contributed by atoms with Gasteiger partial charge in [-0.3, -0.25) is 9.80 Å². The van der Waals surface area contributed by atoms with Crippen molar-refractivity contribution >= 4 is 17.3 Å². The van der Waals surface area contributed by atoms with Crippen LogP contribution < -0.4 is 10.1 Å². The van der Waals surface area contributed by atoms with Gasteiger partial charge in [0, 0.05) is 17.8 Å². The highest BCUT2D eigenvalue weighted by Gasteiger charge is 2.13. The maximum Gasteiger partial charge on any atom is 0.247 e. The summed E-state index contributed by atoms with van der Waals surface area (Å²) < 4.78 is 7.73. The normalized spacial score (nSPS) is 15.1.